The summed E-state index contributed by atoms with van der Waals surface area (Å²) in [6.07, 6.45) is 2.57. The highest BCUT2D eigenvalue weighted by atomic mass is 32.1. The first-order chi connectivity index (χ1) is 13.5. The Balaban J connectivity index is 1.52. The molecule has 1 amide bonds. The minimum Gasteiger partial charge on any atom is -0.376 e. The van der Waals surface area contributed by atoms with Crippen molar-refractivity contribution in [3.63, 3.8) is 0 Å². The lowest BCUT2D eigenvalue weighted by Gasteiger charge is -2.14. The summed E-state index contributed by atoms with van der Waals surface area (Å²) in [4.78, 5) is 17.1. The Hall–Kier alpha value is -2.44. The first-order valence-corrected chi connectivity index (χ1v) is 10.5. The molecule has 3 aromatic rings. The average Bonchev–Trinajstić information content (AvgIpc) is 3.40. The van der Waals surface area contributed by atoms with Crippen LogP contribution in [0.2, 0.25) is 0 Å². The molecule has 1 aromatic carbocycles. The average molecular weight is 396 g/mol. The van der Waals surface area contributed by atoms with Gasteiger partial charge >= 0.3 is 0 Å². The number of aryl methyl sites for hydroxylation is 2. The van der Waals surface area contributed by atoms with Crippen LogP contribution >= 0.6 is 11.3 Å². The van der Waals surface area contributed by atoms with Gasteiger partial charge in [-0.3, -0.25) is 10.1 Å². The van der Waals surface area contributed by atoms with Crippen LogP contribution in [-0.4, -0.2) is 28.2 Å². The highest BCUT2D eigenvalue weighted by Gasteiger charge is 2.20. The molecule has 1 aliphatic heterocycles. The summed E-state index contributed by atoms with van der Waals surface area (Å²) in [6, 6.07) is 9.73. The quantitative estimate of drug-likeness (QED) is 0.664. The van der Waals surface area contributed by atoms with Crippen LogP contribution in [0.15, 0.2) is 35.7 Å². The zero-order valence-corrected chi connectivity index (χ0v) is 17.3. The van der Waals surface area contributed by atoms with E-state index in [1.54, 1.807) is 0 Å². The standard InChI is InChI=1S/C22H25N3O2S/c1-14-6-4-7-17(10-14)21(26)24-22-23-20(13-28-22)19-11-15(2)25(16(19)3)12-18-8-5-9-27-18/h4,6-7,10-11,13,18H,5,8-9,12H2,1-3H3,(H,23,24,26)/t18-/m0/s1. The predicted molar refractivity (Wildman–Crippen MR) is 113 cm³/mol. The Morgan fingerprint density at radius 1 is 1.32 bits per heavy atom. The van der Waals surface area contributed by atoms with E-state index in [2.05, 4.69) is 34.8 Å². The maximum Gasteiger partial charge on any atom is 0.257 e. The number of ether oxygens (including phenoxy) is 1. The van der Waals surface area contributed by atoms with Gasteiger partial charge in [-0.25, -0.2) is 4.98 Å². The molecule has 3 heterocycles. The second-order valence-electron chi connectivity index (χ2n) is 7.39. The lowest BCUT2D eigenvalue weighted by molar-refractivity contribution is 0.0962. The third-order valence-corrected chi connectivity index (χ3v) is 6.02. The highest BCUT2D eigenvalue weighted by molar-refractivity contribution is 7.14. The molecule has 28 heavy (non-hydrogen) atoms. The fourth-order valence-electron chi connectivity index (χ4n) is 3.74. The Morgan fingerprint density at radius 2 is 2.18 bits per heavy atom. The van der Waals surface area contributed by atoms with Crippen molar-refractivity contribution in [2.45, 2.75) is 46.3 Å². The Kier molecular flexibility index (Phi) is 5.33. The number of hydrogen-bond acceptors (Lipinski definition) is 4. The maximum atomic E-state index is 12.5. The smallest absolute Gasteiger partial charge is 0.257 e. The van der Waals surface area contributed by atoms with Crippen LogP contribution in [0.4, 0.5) is 5.13 Å². The van der Waals surface area contributed by atoms with E-state index in [1.165, 1.54) is 22.7 Å². The van der Waals surface area contributed by atoms with Gasteiger partial charge in [-0.1, -0.05) is 17.7 Å². The lowest BCUT2D eigenvalue weighted by atomic mass is 10.1. The number of nitrogens with one attached hydrogen (secondary N) is 1. The molecule has 4 rings (SSSR count). The van der Waals surface area contributed by atoms with E-state index in [-0.39, 0.29) is 5.91 Å². The number of benzene rings is 1. The number of aromatic nitrogens is 2. The largest absolute Gasteiger partial charge is 0.376 e. The number of amides is 1. The molecule has 0 radical (unpaired) electrons. The van der Waals surface area contributed by atoms with Crippen LogP contribution in [0.5, 0.6) is 0 Å². The minimum absolute atomic E-state index is 0.131. The maximum absolute atomic E-state index is 12.5. The number of carbonyl (C=O) groups is 1. The molecule has 1 N–H and O–H groups in total. The van der Waals surface area contributed by atoms with Gasteiger partial charge in [-0.05, 0) is 51.8 Å². The van der Waals surface area contributed by atoms with Crippen LogP contribution in [0.1, 0.15) is 40.2 Å². The summed E-state index contributed by atoms with van der Waals surface area (Å²) < 4.78 is 8.11. The fourth-order valence-corrected chi connectivity index (χ4v) is 4.45. The normalized spacial score (nSPS) is 16.5. The van der Waals surface area contributed by atoms with Gasteiger partial charge in [0.25, 0.3) is 5.91 Å². The van der Waals surface area contributed by atoms with Gasteiger partial charge in [0.15, 0.2) is 5.13 Å². The van der Waals surface area contributed by atoms with Gasteiger partial charge in [0, 0.05) is 41.0 Å². The van der Waals surface area contributed by atoms with E-state index in [1.807, 2.05) is 36.6 Å². The van der Waals surface area contributed by atoms with Gasteiger partial charge in [-0.2, -0.15) is 0 Å². The van der Waals surface area contributed by atoms with Gasteiger partial charge in [0.2, 0.25) is 0 Å². The van der Waals surface area contributed by atoms with E-state index in [9.17, 15) is 4.79 Å². The molecule has 0 saturated carbocycles. The van der Waals surface area contributed by atoms with Crippen molar-refractivity contribution >= 4 is 22.4 Å². The lowest BCUT2D eigenvalue weighted by Crippen LogP contribution is -2.16. The number of thiazole rings is 1. The van der Waals surface area contributed by atoms with Gasteiger partial charge in [0.1, 0.15) is 0 Å². The number of carbonyl (C=O) groups excluding carboxylic acids is 1. The second-order valence-corrected chi connectivity index (χ2v) is 8.25. The van der Waals surface area contributed by atoms with Gasteiger partial charge in [-0.15, -0.1) is 11.3 Å². The molecule has 0 unspecified atom stereocenters. The zero-order chi connectivity index (χ0) is 19.7. The zero-order valence-electron chi connectivity index (χ0n) is 16.5. The molecule has 0 spiro atoms. The topological polar surface area (TPSA) is 56.2 Å². The third-order valence-electron chi connectivity index (χ3n) is 5.26. The SMILES string of the molecule is Cc1cccc(C(=O)Nc2nc(-c3cc(C)n(C[C@@H]4CCCO4)c3C)cs2)c1. The molecular weight excluding hydrogens is 370 g/mol. The fraction of sp³-hybridized carbons (Fsp3) is 0.364. The van der Waals surface area contributed by atoms with E-state index < -0.39 is 0 Å². The number of hydrogen-bond donors (Lipinski definition) is 1. The van der Waals surface area contributed by atoms with Crippen molar-refractivity contribution in [1.29, 1.82) is 0 Å². The van der Waals surface area contributed by atoms with Crippen molar-refractivity contribution in [3.8, 4) is 11.3 Å². The van der Waals surface area contributed by atoms with Crippen molar-refractivity contribution in [2.75, 3.05) is 11.9 Å². The Morgan fingerprint density at radius 3 is 2.93 bits per heavy atom. The molecule has 1 saturated heterocycles. The van der Waals surface area contributed by atoms with E-state index in [4.69, 9.17) is 4.74 Å². The molecule has 5 nitrogen and oxygen atoms in total. The van der Waals surface area contributed by atoms with Crippen LogP contribution < -0.4 is 5.32 Å². The first-order valence-electron chi connectivity index (χ1n) is 9.63. The number of rotatable bonds is 5. The molecule has 1 atom stereocenters. The summed E-state index contributed by atoms with van der Waals surface area (Å²) in [5.74, 6) is -0.131. The van der Waals surface area contributed by atoms with Gasteiger partial charge < -0.3 is 9.30 Å². The molecule has 2 aromatic heterocycles. The molecule has 146 valence electrons. The molecular formula is C22H25N3O2S. The minimum atomic E-state index is -0.131. The van der Waals surface area contributed by atoms with E-state index >= 15 is 0 Å². The van der Waals surface area contributed by atoms with Crippen LogP contribution in [-0.2, 0) is 11.3 Å². The van der Waals surface area contributed by atoms with Crippen molar-refractivity contribution < 1.29 is 9.53 Å². The van der Waals surface area contributed by atoms with Crippen molar-refractivity contribution in [2.24, 2.45) is 0 Å². The summed E-state index contributed by atoms with van der Waals surface area (Å²) in [6.45, 7) is 7.98. The van der Waals surface area contributed by atoms with Crippen molar-refractivity contribution in [3.05, 3.63) is 58.2 Å². The second kappa shape index (κ2) is 7.89. The van der Waals surface area contributed by atoms with Crippen LogP contribution in [0.25, 0.3) is 11.3 Å². The summed E-state index contributed by atoms with van der Waals surface area (Å²) in [5, 5.41) is 5.54. The Bertz CT molecular complexity index is 999. The number of nitrogens with zero attached hydrogens (tertiary/aromatic N) is 2. The van der Waals surface area contributed by atoms with Crippen LogP contribution in [0, 0.1) is 20.8 Å². The van der Waals surface area contributed by atoms with Gasteiger partial charge in [0.05, 0.1) is 11.8 Å². The Labute approximate surface area is 169 Å². The van der Waals surface area contributed by atoms with E-state index in [0.717, 1.165) is 42.8 Å². The summed E-state index contributed by atoms with van der Waals surface area (Å²) in [7, 11) is 0. The summed E-state index contributed by atoms with van der Waals surface area (Å²) in [5.41, 5.74) is 6.12. The highest BCUT2D eigenvalue weighted by Crippen LogP contribution is 2.31. The number of anilines is 1. The summed E-state index contributed by atoms with van der Waals surface area (Å²) >= 11 is 1.45. The monoisotopic (exact) mass is 395 g/mol. The first kappa shape index (κ1) is 18.9. The molecule has 1 aliphatic rings. The van der Waals surface area contributed by atoms with Crippen molar-refractivity contribution in [1.82, 2.24) is 9.55 Å². The molecule has 0 bridgehead atoms. The molecule has 1 fully saturated rings. The predicted octanol–water partition coefficient (Wildman–Crippen LogP) is 4.97. The third kappa shape index (κ3) is 3.88. The molecule has 6 heteroatoms. The molecule has 0 aliphatic carbocycles. The van der Waals surface area contributed by atoms with Crippen LogP contribution in [0.3, 0.4) is 0 Å². The van der Waals surface area contributed by atoms with E-state index in [0.29, 0.717) is 16.8 Å².